The van der Waals surface area contributed by atoms with E-state index in [1.54, 1.807) is 0 Å². The Morgan fingerprint density at radius 1 is 1.00 bits per heavy atom. The third-order valence-corrected chi connectivity index (χ3v) is 2.84. The molecule has 0 saturated carbocycles. The van der Waals surface area contributed by atoms with Crippen LogP contribution in [-0.4, -0.2) is 6.54 Å². The second-order valence-corrected chi connectivity index (χ2v) is 4.63. The summed E-state index contributed by atoms with van der Waals surface area (Å²) in [5.41, 5.74) is 5.00. The minimum absolute atomic E-state index is 0.825. The molecular weight excluding hydrogens is 218 g/mol. The van der Waals surface area contributed by atoms with Crippen LogP contribution in [0, 0.1) is 0 Å². The Morgan fingerprint density at radius 3 is 2.39 bits per heavy atom. The SMILES string of the molecule is C=C(C)CNc1ccccc1Cc1ccccc1. The van der Waals surface area contributed by atoms with E-state index >= 15 is 0 Å². The van der Waals surface area contributed by atoms with Gasteiger partial charge < -0.3 is 5.32 Å². The lowest BCUT2D eigenvalue weighted by atomic mass is 10.0. The van der Waals surface area contributed by atoms with Gasteiger partial charge in [0.1, 0.15) is 0 Å². The van der Waals surface area contributed by atoms with Crippen LogP contribution in [0.2, 0.25) is 0 Å². The molecule has 1 N–H and O–H groups in total. The predicted molar refractivity (Wildman–Crippen MR) is 79.0 cm³/mol. The van der Waals surface area contributed by atoms with E-state index in [9.17, 15) is 0 Å². The van der Waals surface area contributed by atoms with Crippen LogP contribution < -0.4 is 5.32 Å². The minimum Gasteiger partial charge on any atom is -0.381 e. The van der Waals surface area contributed by atoms with Crippen molar-refractivity contribution in [2.75, 3.05) is 11.9 Å². The van der Waals surface area contributed by atoms with Gasteiger partial charge in [0.25, 0.3) is 0 Å². The van der Waals surface area contributed by atoms with E-state index in [0.717, 1.165) is 18.5 Å². The van der Waals surface area contributed by atoms with Gasteiger partial charge in [-0.25, -0.2) is 0 Å². The van der Waals surface area contributed by atoms with Crippen LogP contribution in [0.4, 0.5) is 5.69 Å². The van der Waals surface area contributed by atoms with E-state index in [0.29, 0.717) is 0 Å². The molecule has 1 nitrogen and oxygen atoms in total. The summed E-state index contributed by atoms with van der Waals surface area (Å²) in [6.07, 6.45) is 0.959. The summed E-state index contributed by atoms with van der Waals surface area (Å²) >= 11 is 0. The first-order valence-corrected chi connectivity index (χ1v) is 6.26. The number of nitrogens with one attached hydrogen (secondary N) is 1. The normalized spacial score (nSPS) is 10.1. The van der Waals surface area contributed by atoms with Gasteiger partial charge in [0.05, 0.1) is 0 Å². The highest BCUT2D eigenvalue weighted by Gasteiger charge is 2.02. The van der Waals surface area contributed by atoms with Gasteiger partial charge in [-0.05, 0) is 30.5 Å². The highest BCUT2D eigenvalue weighted by atomic mass is 14.9. The van der Waals surface area contributed by atoms with Crippen molar-refractivity contribution in [3.05, 3.63) is 77.9 Å². The van der Waals surface area contributed by atoms with Gasteiger partial charge in [0.2, 0.25) is 0 Å². The van der Waals surface area contributed by atoms with Gasteiger partial charge in [-0.1, -0.05) is 60.7 Å². The Kier molecular flexibility index (Phi) is 4.19. The van der Waals surface area contributed by atoms with Crippen LogP contribution in [-0.2, 0) is 6.42 Å². The number of benzene rings is 2. The van der Waals surface area contributed by atoms with E-state index in [-0.39, 0.29) is 0 Å². The summed E-state index contributed by atoms with van der Waals surface area (Å²) in [6, 6.07) is 19.0. The van der Waals surface area contributed by atoms with Crippen LogP contribution in [0.5, 0.6) is 0 Å². The fourth-order valence-corrected chi connectivity index (χ4v) is 1.91. The zero-order valence-electron chi connectivity index (χ0n) is 10.8. The van der Waals surface area contributed by atoms with E-state index in [2.05, 4.69) is 66.5 Å². The first-order chi connectivity index (χ1) is 8.75. The highest BCUT2D eigenvalue weighted by molar-refractivity contribution is 5.53. The molecule has 0 radical (unpaired) electrons. The topological polar surface area (TPSA) is 12.0 Å². The smallest absolute Gasteiger partial charge is 0.0378 e. The van der Waals surface area contributed by atoms with Crippen LogP contribution in [0.25, 0.3) is 0 Å². The maximum Gasteiger partial charge on any atom is 0.0378 e. The zero-order valence-corrected chi connectivity index (χ0v) is 10.8. The number of rotatable bonds is 5. The molecule has 0 aromatic heterocycles. The van der Waals surface area contributed by atoms with E-state index in [4.69, 9.17) is 0 Å². The average molecular weight is 237 g/mol. The van der Waals surface area contributed by atoms with Crippen LogP contribution in [0.1, 0.15) is 18.1 Å². The van der Waals surface area contributed by atoms with E-state index < -0.39 is 0 Å². The Labute approximate surface area is 109 Å². The predicted octanol–water partition coefficient (Wildman–Crippen LogP) is 4.27. The molecule has 0 bridgehead atoms. The summed E-state index contributed by atoms with van der Waals surface area (Å²) < 4.78 is 0. The van der Waals surface area contributed by atoms with Crippen molar-refractivity contribution >= 4 is 5.69 Å². The van der Waals surface area contributed by atoms with Crippen molar-refractivity contribution in [1.82, 2.24) is 0 Å². The Morgan fingerprint density at radius 2 is 1.67 bits per heavy atom. The van der Waals surface area contributed by atoms with Crippen molar-refractivity contribution in [3.63, 3.8) is 0 Å². The molecule has 0 atom stereocenters. The molecule has 18 heavy (non-hydrogen) atoms. The van der Waals surface area contributed by atoms with Crippen molar-refractivity contribution in [2.24, 2.45) is 0 Å². The van der Waals surface area contributed by atoms with Gasteiger partial charge in [-0.2, -0.15) is 0 Å². The standard InChI is InChI=1S/C17H19N/c1-14(2)13-18-17-11-7-6-10-16(17)12-15-8-4-3-5-9-15/h3-11,18H,1,12-13H2,2H3. The molecular formula is C17H19N. The lowest BCUT2D eigenvalue weighted by molar-refractivity contribution is 1.15. The first-order valence-electron chi connectivity index (χ1n) is 6.26. The highest BCUT2D eigenvalue weighted by Crippen LogP contribution is 2.19. The van der Waals surface area contributed by atoms with Gasteiger partial charge >= 0.3 is 0 Å². The summed E-state index contributed by atoms with van der Waals surface area (Å²) in [5, 5.41) is 3.43. The average Bonchev–Trinajstić information content (AvgIpc) is 2.39. The zero-order chi connectivity index (χ0) is 12.8. The summed E-state index contributed by atoms with van der Waals surface area (Å²) in [4.78, 5) is 0. The van der Waals surface area contributed by atoms with Crippen molar-refractivity contribution in [1.29, 1.82) is 0 Å². The molecule has 0 aliphatic carbocycles. The lowest BCUT2D eigenvalue weighted by Gasteiger charge is -2.12. The number of hydrogen-bond acceptors (Lipinski definition) is 1. The second-order valence-electron chi connectivity index (χ2n) is 4.63. The molecule has 0 heterocycles. The molecule has 2 aromatic carbocycles. The van der Waals surface area contributed by atoms with Crippen LogP contribution in [0.15, 0.2) is 66.7 Å². The summed E-state index contributed by atoms with van der Waals surface area (Å²) in [7, 11) is 0. The molecule has 0 fully saturated rings. The monoisotopic (exact) mass is 237 g/mol. The van der Waals surface area contributed by atoms with E-state index in [1.165, 1.54) is 16.8 Å². The Balaban J connectivity index is 2.14. The molecule has 0 unspecified atom stereocenters. The van der Waals surface area contributed by atoms with Crippen molar-refractivity contribution in [2.45, 2.75) is 13.3 Å². The summed E-state index contributed by atoms with van der Waals surface area (Å²) in [6.45, 7) is 6.78. The molecule has 0 aliphatic rings. The first kappa shape index (κ1) is 12.4. The molecule has 0 spiro atoms. The molecule has 0 amide bonds. The largest absolute Gasteiger partial charge is 0.381 e. The molecule has 2 aromatic rings. The third kappa shape index (κ3) is 3.49. The fourth-order valence-electron chi connectivity index (χ4n) is 1.91. The third-order valence-electron chi connectivity index (χ3n) is 2.84. The van der Waals surface area contributed by atoms with Gasteiger partial charge in [0, 0.05) is 12.2 Å². The maximum atomic E-state index is 3.92. The molecule has 1 heteroatoms. The van der Waals surface area contributed by atoms with Gasteiger partial charge in [-0.3, -0.25) is 0 Å². The molecule has 0 saturated heterocycles. The molecule has 0 aliphatic heterocycles. The quantitative estimate of drug-likeness (QED) is 0.766. The Bertz CT molecular complexity index is 514. The summed E-state index contributed by atoms with van der Waals surface area (Å²) in [5.74, 6) is 0. The maximum absolute atomic E-state index is 3.92. The van der Waals surface area contributed by atoms with Crippen LogP contribution in [0.3, 0.4) is 0 Å². The second kappa shape index (κ2) is 6.06. The lowest BCUT2D eigenvalue weighted by Crippen LogP contribution is -2.04. The van der Waals surface area contributed by atoms with E-state index in [1.807, 2.05) is 6.92 Å². The number of hydrogen-bond donors (Lipinski definition) is 1. The molecule has 92 valence electrons. The fraction of sp³-hybridized carbons (Fsp3) is 0.176. The van der Waals surface area contributed by atoms with Gasteiger partial charge in [-0.15, -0.1) is 0 Å². The Hall–Kier alpha value is -2.02. The van der Waals surface area contributed by atoms with Gasteiger partial charge in [0.15, 0.2) is 0 Å². The van der Waals surface area contributed by atoms with Crippen molar-refractivity contribution < 1.29 is 0 Å². The number of anilines is 1. The van der Waals surface area contributed by atoms with Crippen LogP contribution >= 0.6 is 0 Å². The van der Waals surface area contributed by atoms with Crippen molar-refractivity contribution in [3.8, 4) is 0 Å². The molecule has 2 rings (SSSR count). The number of para-hydroxylation sites is 1. The minimum atomic E-state index is 0.825.